The van der Waals surface area contributed by atoms with Gasteiger partial charge in [-0.1, -0.05) is 36.4 Å². The maximum absolute atomic E-state index is 11.3. The van der Waals surface area contributed by atoms with E-state index >= 15 is 0 Å². The predicted octanol–water partition coefficient (Wildman–Crippen LogP) is 3.89. The van der Waals surface area contributed by atoms with Crippen molar-refractivity contribution in [3.8, 4) is 0 Å². The number of hydrogen-bond donors (Lipinski definition) is 0. The van der Waals surface area contributed by atoms with E-state index in [0.29, 0.717) is 5.56 Å². The second-order valence-corrected chi connectivity index (χ2v) is 4.09. The van der Waals surface area contributed by atoms with Gasteiger partial charge < -0.3 is 4.74 Å². The van der Waals surface area contributed by atoms with Crippen molar-refractivity contribution in [2.75, 3.05) is 7.11 Å². The first-order chi connectivity index (χ1) is 9.79. The summed E-state index contributed by atoms with van der Waals surface area (Å²) in [7, 11) is 1.36. The van der Waals surface area contributed by atoms with Crippen LogP contribution in [0.5, 0.6) is 0 Å². The molecule has 3 heteroatoms. The second-order valence-electron chi connectivity index (χ2n) is 4.09. The molecule has 0 fully saturated rings. The third-order valence-corrected chi connectivity index (χ3v) is 2.69. The number of allylic oxidation sites excluding steroid dienone is 1. The number of hydrogen-bond acceptors (Lipinski definition) is 3. The SMILES string of the molecule is COC(=O)c1ccc(/N=C/C=C/c2ccccc2)cc1. The van der Waals surface area contributed by atoms with Crippen LogP contribution in [0.3, 0.4) is 0 Å². The molecule has 0 heterocycles. The van der Waals surface area contributed by atoms with E-state index in [-0.39, 0.29) is 5.97 Å². The Morgan fingerprint density at radius 1 is 1.05 bits per heavy atom. The van der Waals surface area contributed by atoms with Gasteiger partial charge in [-0.3, -0.25) is 4.99 Å². The molecule has 0 aliphatic carbocycles. The van der Waals surface area contributed by atoms with E-state index in [1.54, 1.807) is 30.5 Å². The number of ether oxygens (including phenoxy) is 1. The van der Waals surface area contributed by atoms with Crippen LogP contribution in [0.1, 0.15) is 15.9 Å². The lowest BCUT2D eigenvalue weighted by Gasteiger charge is -1.98. The molecule has 0 aromatic heterocycles. The lowest BCUT2D eigenvalue weighted by Crippen LogP contribution is -1.99. The third kappa shape index (κ3) is 3.92. The van der Waals surface area contributed by atoms with Gasteiger partial charge in [0.2, 0.25) is 0 Å². The normalized spacial score (nSPS) is 11.1. The van der Waals surface area contributed by atoms with Crippen molar-refractivity contribution in [3.05, 3.63) is 71.8 Å². The molecule has 2 rings (SSSR count). The molecule has 3 nitrogen and oxygen atoms in total. The first-order valence-electron chi connectivity index (χ1n) is 6.24. The van der Waals surface area contributed by atoms with Gasteiger partial charge in [0.15, 0.2) is 0 Å². The van der Waals surface area contributed by atoms with Crippen molar-refractivity contribution >= 4 is 23.9 Å². The van der Waals surface area contributed by atoms with Crippen molar-refractivity contribution in [2.45, 2.75) is 0 Å². The Morgan fingerprint density at radius 2 is 1.75 bits per heavy atom. The average molecular weight is 265 g/mol. The molecule has 20 heavy (non-hydrogen) atoms. The Kier molecular flexibility index (Phi) is 4.84. The molecule has 0 atom stereocenters. The highest BCUT2D eigenvalue weighted by Crippen LogP contribution is 2.13. The van der Waals surface area contributed by atoms with Crippen molar-refractivity contribution in [3.63, 3.8) is 0 Å². The molecule has 0 amide bonds. The molecule has 2 aromatic rings. The van der Waals surface area contributed by atoms with Gasteiger partial charge in [0, 0.05) is 6.21 Å². The van der Waals surface area contributed by atoms with Crippen LogP contribution in [0.25, 0.3) is 6.08 Å². The van der Waals surface area contributed by atoms with Crippen LogP contribution in [0.2, 0.25) is 0 Å². The van der Waals surface area contributed by atoms with E-state index in [1.807, 2.05) is 42.5 Å². The Hall–Kier alpha value is -2.68. The summed E-state index contributed by atoms with van der Waals surface area (Å²) >= 11 is 0. The topological polar surface area (TPSA) is 38.7 Å². The zero-order valence-corrected chi connectivity index (χ0v) is 11.2. The van der Waals surface area contributed by atoms with Crippen molar-refractivity contribution < 1.29 is 9.53 Å². The van der Waals surface area contributed by atoms with E-state index in [2.05, 4.69) is 9.73 Å². The van der Waals surface area contributed by atoms with E-state index < -0.39 is 0 Å². The number of nitrogens with zero attached hydrogens (tertiary/aromatic N) is 1. The minimum absolute atomic E-state index is 0.343. The monoisotopic (exact) mass is 265 g/mol. The molecule has 0 spiro atoms. The summed E-state index contributed by atoms with van der Waals surface area (Å²) in [6, 6.07) is 16.9. The van der Waals surface area contributed by atoms with E-state index in [0.717, 1.165) is 11.3 Å². The van der Waals surface area contributed by atoms with Crippen molar-refractivity contribution in [2.24, 2.45) is 4.99 Å². The van der Waals surface area contributed by atoms with Gasteiger partial charge in [0.05, 0.1) is 18.4 Å². The quantitative estimate of drug-likeness (QED) is 0.621. The average Bonchev–Trinajstić information content (AvgIpc) is 2.52. The number of rotatable bonds is 4. The van der Waals surface area contributed by atoms with Crippen LogP contribution < -0.4 is 0 Å². The molecule has 100 valence electrons. The Balaban J connectivity index is 1.98. The Labute approximate surface area is 118 Å². The van der Waals surface area contributed by atoms with Crippen LogP contribution in [-0.2, 0) is 4.74 Å². The van der Waals surface area contributed by atoms with Gasteiger partial charge in [0.25, 0.3) is 0 Å². The second kappa shape index (κ2) is 7.04. The number of aliphatic imine (C=N–C) groups is 1. The molecule has 0 N–H and O–H groups in total. The van der Waals surface area contributed by atoms with Gasteiger partial charge in [-0.2, -0.15) is 0 Å². The maximum atomic E-state index is 11.3. The smallest absolute Gasteiger partial charge is 0.337 e. The fraction of sp³-hybridized carbons (Fsp3) is 0.0588. The van der Waals surface area contributed by atoms with Gasteiger partial charge in [-0.05, 0) is 35.9 Å². The van der Waals surface area contributed by atoms with Crippen LogP contribution >= 0.6 is 0 Å². The zero-order chi connectivity index (χ0) is 14.2. The summed E-state index contributed by atoms with van der Waals surface area (Å²) in [5, 5.41) is 0. The Morgan fingerprint density at radius 3 is 2.40 bits per heavy atom. The lowest BCUT2D eigenvalue weighted by molar-refractivity contribution is 0.0601. The number of carbonyl (C=O) groups excluding carboxylic acids is 1. The molecule has 2 aromatic carbocycles. The van der Waals surface area contributed by atoms with Crippen LogP contribution in [-0.4, -0.2) is 19.3 Å². The predicted molar refractivity (Wildman–Crippen MR) is 81.4 cm³/mol. The molecule has 0 saturated heterocycles. The van der Waals surface area contributed by atoms with Crippen LogP contribution in [0.4, 0.5) is 5.69 Å². The summed E-state index contributed by atoms with van der Waals surface area (Å²) < 4.78 is 4.64. The van der Waals surface area contributed by atoms with Gasteiger partial charge in [0.1, 0.15) is 0 Å². The molecule has 0 radical (unpaired) electrons. The Bertz CT molecular complexity index is 613. The minimum Gasteiger partial charge on any atom is -0.465 e. The first kappa shape index (κ1) is 13.7. The first-order valence-corrected chi connectivity index (χ1v) is 6.24. The fourth-order valence-electron chi connectivity index (χ4n) is 1.65. The van der Waals surface area contributed by atoms with E-state index in [1.165, 1.54) is 7.11 Å². The van der Waals surface area contributed by atoms with Crippen LogP contribution in [0.15, 0.2) is 65.7 Å². The van der Waals surface area contributed by atoms with Gasteiger partial charge >= 0.3 is 5.97 Å². The number of benzene rings is 2. The summed E-state index contributed by atoms with van der Waals surface area (Å²) in [4.78, 5) is 15.6. The highest BCUT2D eigenvalue weighted by atomic mass is 16.5. The van der Waals surface area contributed by atoms with E-state index in [9.17, 15) is 4.79 Å². The number of methoxy groups -OCH3 is 1. The van der Waals surface area contributed by atoms with Crippen molar-refractivity contribution in [1.82, 2.24) is 0 Å². The maximum Gasteiger partial charge on any atom is 0.337 e. The highest BCUT2D eigenvalue weighted by Gasteiger charge is 2.03. The summed E-state index contributed by atoms with van der Waals surface area (Å²) in [5.41, 5.74) is 2.43. The fourth-order valence-corrected chi connectivity index (χ4v) is 1.65. The lowest BCUT2D eigenvalue weighted by atomic mass is 10.2. The molecular weight excluding hydrogens is 250 g/mol. The highest BCUT2D eigenvalue weighted by molar-refractivity contribution is 5.89. The largest absolute Gasteiger partial charge is 0.465 e. The summed E-state index contributed by atoms with van der Waals surface area (Å²) in [5.74, 6) is -0.343. The molecule has 0 aliphatic heterocycles. The molecule has 0 saturated carbocycles. The third-order valence-electron chi connectivity index (χ3n) is 2.69. The number of esters is 1. The summed E-state index contributed by atoms with van der Waals surface area (Å²) in [6.45, 7) is 0. The van der Waals surface area contributed by atoms with Gasteiger partial charge in [-0.25, -0.2) is 4.79 Å². The minimum atomic E-state index is -0.343. The molecular formula is C17H15NO2. The standard InChI is InChI=1S/C17H15NO2/c1-20-17(19)15-9-11-16(12-10-15)18-13-5-8-14-6-3-2-4-7-14/h2-13H,1H3/b8-5+,18-13+. The van der Waals surface area contributed by atoms with E-state index in [4.69, 9.17) is 0 Å². The van der Waals surface area contributed by atoms with Crippen LogP contribution in [0, 0.1) is 0 Å². The molecule has 0 bridgehead atoms. The zero-order valence-electron chi connectivity index (χ0n) is 11.2. The van der Waals surface area contributed by atoms with Gasteiger partial charge in [-0.15, -0.1) is 0 Å². The molecule has 0 aliphatic rings. The molecule has 0 unspecified atom stereocenters. The number of carbonyl (C=O) groups is 1. The summed E-state index contributed by atoms with van der Waals surface area (Å²) in [6.07, 6.45) is 5.58. The van der Waals surface area contributed by atoms with Crippen molar-refractivity contribution in [1.29, 1.82) is 0 Å².